The van der Waals surface area contributed by atoms with E-state index in [-0.39, 0.29) is 12.0 Å². The number of ether oxygens (including phenoxy) is 1. The van der Waals surface area contributed by atoms with E-state index in [0.717, 1.165) is 18.2 Å². The van der Waals surface area contributed by atoms with Gasteiger partial charge in [-0.1, -0.05) is 5.16 Å². The van der Waals surface area contributed by atoms with E-state index in [1.807, 2.05) is 0 Å². The topological polar surface area (TPSA) is 65.2 Å². The molecule has 0 atom stereocenters. The predicted octanol–water partition coefficient (Wildman–Crippen LogP) is 2.43. The van der Waals surface area contributed by atoms with Crippen molar-refractivity contribution in [1.82, 2.24) is 10.1 Å². The van der Waals surface area contributed by atoms with Gasteiger partial charge < -0.3 is 9.26 Å². The van der Waals surface area contributed by atoms with Gasteiger partial charge in [-0.2, -0.15) is 18.2 Å². The van der Waals surface area contributed by atoms with Crippen LogP contribution in [-0.4, -0.2) is 16.6 Å². The molecule has 0 fully saturated rings. The average Bonchev–Trinajstić information content (AvgIpc) is 2.81. The van der Waals surface area contributed by atoms with Gasteiger partial charge in [-0.25, -0.2) is 4.39 Å². The van der Waals surface area contributed by atoms with Crippen molar-refractivity contribution in [2.45, 2.75) is 6.18 Å². The number of carbonyl (C=O) groups is 1. The normalized spacial score (nSPS) is 11.4. The molecule has 1 heterocycles. The van der Waals surface area contributed by atoms with Gasteiger partial charge in [0.25, 0.3) is 6.47 Å². The largest absolute Gasteiger partial charge is 0.471 e. The van der Waals surface area contributed by atoms with Crippen LogP contribution in [0.5, 0.6) is 5.75 Å². The number of carbonyl (C=O) groups excluding carboxylic acids is 1. The molecule has 0 aliphatic carbocycles. The zero-order chi connectivity index (χ0) is 14.0. The van der Waals surface area contributed by atoms with Gasteiger partial charge in [0.05, 0.1) is 0 Å². The van der Waals surface area contributed by atoms with E-state index in [9.17, 15) is 22.4 Å². The molecule has 1 aromatic carbocycles. The Morgan fingerprint density at radius 3 is 2.63 bits per heavy atom. The molecule has 19 heavy (non-hydrogen) atoms. The molecule has 1 aromatic heterocycles. The lowest BCUT2D eigenvalue weighted by molar-refractivity contribution is -0.159. The lowest BCUT2D eigenvalue weighted by atomic mass is 10.2. The molecular weight excluding hydrogens is 272 g/mol. The maximum Gasteiger partial charge on any atom is 0.471 e. The van der Waals surface area contributed by atoms with Gasteiger partial charge in [0.1, 0.15) is 0 Å². The van der Waals surface area contributed by atoms with Gasteiger partial charge in [0, 0.05) is 5.56 Å². The van der Waals surface area contributed by atoms with Crippen molar-refractivity contribution in [3.63, 3.8) is 0 Å². The zero-order valence-corrected chi connectivity index (χ0v) is 8.94. The second-order valence-electron chi connectivity index (χ2n) is 3.28. The third kappa shape index (κ3) is 2.69. The van der Waals surface area contributed by atoms with E-state index >= 15 is 0 Å². The molecule has 0 aliphatic heterocycles. The van der Waals surface area contributed by atoms with Crippen LogP contribution in [0.25, 0.3) is 11.4 Å². The van der Waals surface area contributed by atoms with E-state index in [2.05, 4.69) is 19.4 Å². The van der Waals surface area contributed by atoms with Gasteiger partial charge in [-0.15, -0.1) is 0 Å². The van der Waals surface area contributed by atoms with Crippen LogP contribution in [0.1, 0.15) is 5.89 Å². The Kier molecular flexibility index (Phi) is 3.19. The molecule has 2 rings (SSSR count). The molecule has 100 valence electrons. The molecule has 0 saturated heterocycles. The molecule has 0 N–H and O–H groups in total. The fourth-order valence-electron chi connectivity index (χ4n) is 1.24. The van der Waals surface area contributed by atoms with E-state index in [1.54, 1.807) is 0 Å². The summed E-state index contributed by atoms with van der Waals surface area (Å²) in [5.74, 6) is -3.23. The number of alkyl halides is 3. The standard InChI is InChI=1S/C10H4F4N2O3/c11-6-2-1-5(3-7(6)18-4-17)8-15-9(19-16-8)10(12,13)14/h1-4H. The molecule has 0 spiro atoms. The summed E-state index contributed by atoms with van der Waals surface area (Å²) >= 11 is 0. The molecule has 9 heteroatoms. The Labute approximate surface area is 102 Å². The third-order valence-corrected chi connectivity index (χ3v) is 2.03. The van der Waals surface area contributed by atoms with Gasteiger partial charge in [-0.3, -0.25) is 4.79 Å². The maximum atomic E-state index is 13.1. The van der Waals surface area contributed by atoms with Gasteiger partial charge >= 0.3 is 12.1 Å². The van der Waals surface area contributed by atoms with Gasteiger partial charge in [0.15, 0.2) is 11.6 Å². The molecule has 0 unspecified atom stereocenters. The van der Waals surface area contributed by atoms with Crippen LogP contribution in [0.15, 0.2) is 22.7 Å². The Morgan fingerprint density at radius 2 is 2.05 bits per heavy atom. The number of benzene rings is 1. The lowest BCUT2D eigenvalue weighted by Gasteiger charge is -2.01. The highest BCUT2D eigenvalue weighted by molar-refractivity contribution is 5.59. The minimum absolute atomic E-state index is 0.0116. The van der Waals surface area contributed by atoms with Crippen molar-refractivity contribution >= 4 is 6.47 Å². The lowest BCUT2D eigenvalue weighted by Crippen LogP contribution is -2.04. The van der Waals surface area contributed by atoms with Crippen LogP contribution in [-0.2, 0) is 11.0 Å². The molecule has 0 saturated carbocycles. The molecule has 0 bridgehead atoms. The SMILES string of the molecule is O=COc1cc(-c2noc(C(F)(F)F)n2)ccc1F. The smallest absolute Gasteiger partial charge is 0.426 e. The first-order valence-electron chi connectivity index (χ1n) is 4.73. The summed E-state index contributed by atoms with van der Waals surface area (Å²) in [5, 5.41) is 3.11. The van der Waals surface area contributed by atoms with Crippen LogP contribution in [0.3, 0.4) is 0 Å². The van der Waals surface area contributed by atoms with E-state index in [1.165, 1.54) is 0 Å². The van der Waals surface area contributed by atoms with Crippen LogP contribution in [0.2, 0.25) is 0 Å². The summed E-state index contributed by atoms with van der Waals surface area (Å²) in [7, 11) is 0. The van der Waals surface area contributed by atoms with Crippen molar-refractivity contribution in [2.75, 3.05) is 0 Å². The summed E-state index contributed by atoms with van der Waals surface area (Å²) < 4.78 is 58.2. The number of halogens is 4. The molecule has 2 aromatic rings. The highest BCUT2D eigenvalue weighted by Crippen LogP contribution is 2.30. The minimum atomic E-state index is -4.77. The van der Waals surface area contributed by atoms with Crippen LogP contribution in [0, 0.1) is 5.82 Å². The maximum absolute atomic E-state index is 13.1. The summed E-state index contributed by atoms with van der Waals surface area (Å²) in [6.45, 7) is -0.0143. The average molecular weight is 276 g/mol. The Bertz CT molecular complexity index is 609. The number of aromatic nitrogens is 2. The van der Waals surface area contributed by atoms with Crippen molar-refractivity contribution in [3.05, 3.63) is 29.9 Å². The molecule has 5 nitrogen and oxygen atoms in total. The first-order valence-corrected chi connectivity index (χ1v) is 4.73. The Balaban J connectivity index is 2.39. The van der Waals surface area contributed by atoms with Crippen LogP contribution >= 0.6 is 0 Å². The zero-order valence-electron chi connectivity index (χ0n) is 8.94. The minimum Gasteiger partial charge on any atom is -0.426 e. The monoisotopic (exact) mass is 276 g/mol. The number of rotatable bonds is 3. The summed E-state index contributed by atoms with van der Waals surface area (Å²) in [4.78, 5) is 13.2. The summed E-state index contributed by atoms with van der Waals surface area (Å²) in [6, 6.07) is 3.00. The van der Waals surface area contributed by atoms with E-state index in [4.69, 9.17) is 0 Å². The first kappa shape index (κ1) is 13.0. The number of hydrogen-bond donors (Lipinski definition) is 0. The van der Waals surface area contributed by atoms with Crippen molar-refractivity contribution in [2.24, 2.45) is 0 Å². The number of hydrogen-bond acceptors (Lipinski definition) is 5. The molecule has 0 aliphatic rings. The highest BCUT2D eigenvalue weighted by Gasteiger charge is 2.38. The van der Waals surface area contributed by atoms with Crippen molar-refractivity contribution in [3.8, 4) is 17.1 Å². The molecule has 0 amide bonds. The number of nitrogens with zero attached hydrogens (tertiary/aromatic N) is 2. The Hall–Kier alpha value is -2.45. The van der Waals surface area contributed by atoms with Gasteiger partial charge in [-0.05, 0) is 18.2 Å². The summed E-state index contributed by atoms with van der Waals surface area (Å²) in [6.07, 6.45) is -4.77. The van der Waals surface area contributed by atoms with Crippen LogP contribution < -0.4 is 4.74 Å². The first-order chi connectivity index (χ1) is 8.91. The third-order valence-electron chi connectivity index (χ3n) is 2.03. The molecular formula is C10H4F4N2O3. The van der Waals surface area contributed by atoms with Crippen molar-refractivity contribution < 1.29 is 31.6 Å². The second-order valence-corrected chi connectivity index (χ2v) is 3.28. The fourth-order valence-corrected chi connectivity index (χ4v) is 1.24. The second kappa shape index (κ2) is 4.67. The predicted molar refractivity (Wildman–Crippen MR) is 51.4 cm³/mol. The molecule has 0 radical (unpaired) electrons. The van der Waals surface area contributed by atoms with Gasteiger partial charge in [0.2, 0.25) is 5.82 Å². The van der Waals surface area contributed by atoms with E-state index in [0.29, 0.717) is 0 Å². The quantitative estimate of drug-likeness (QED) is 0.636. The van der Waals surface area contributed by atoms with Crippen LogP contribution in [0.4, 0.5) is 17.6 Å². The van der Waals surface area contributed by atoms with Crippen molar-refractivity contribution in [1.29, 1.82) is 0 Å². The summed E-state index contributed by atoms with van der Waals surface area (Å²) in [5.41, 5.74) is 0.0116. The Morgan fingerprint density at radius 1 is 1.32 bits per heavy atom. The fraction of sp³-hybridized carbons (Fsp3) is 0.100. The highest BCUT2D eigenvalue weighted by atomic mass is 19.4. The van der Waals surface area contributed by atoms with E-state index < -0.39 is 29.5 Å².